The molecule has 0 radical (unpaired) electrons. The lowest BCUT2D eigenvalue weighted by Gasteiger charge is -2.07. The molecule has 0 aromatic heterocycles. The summed E-state index contributed by atoms with van der Waals surface area (Å²) in [6.45, 7) is 9.51. The maximum Gasteiger partial charge on any atom is 0.124 e. The fraction of sp³-hybridized carbons (Fsp3) is 0.364. The van der Waals surface area contributed by atoms with E-state index in [1.807, 2.05) is 24.3 Å². The third-order valence-electron chi connectivity index (χ3n) is 4.26. The molecular weight excluding hydrogens is 324 g/mol. The minimum atomic E-state index is 0.233. The van der Waals surface area contributed by atoms with E-state index in [2.05, 4.69) is 37.7 Å². The van der Waals surface area contributed by atoms with Gasteiger partial charge in [-0.3, -0.25) is 9.98 Å². The maximum absolute atomic E-state index is 9.92. The van der Waals surface area contributed by atoms with E-state index in [4.69, 9.17) is 0 Å². The second-order valence-electron chi connectivity index (χ2n) is 7.02. The molecule has 2 rings (SSSR count). The fourth-order valence-electron chi connectivity index (χ4n) is 2.51. The summed E-state index contributed by atoms with van der Waals surface area (Å²) in [5.74, 6) is 1.28. The van der Waals surface area contributed by atoms with E-state index in [0.29, 0.717) is 24.9 Å². The number of rotatable bonds is 7. The van der Waals surface area contributed by atoms with Gasteiger partial charge in [-0.15, -0.1) is 0 Å². The molecule has 0 aliphatic rings. The summed E-state index contributed by atoms with van der Waals surface area (Å²) in [4.78, 5) is 8.68. The zero-order valence-corrected chi connectivity index (χ0v) is 16.0. The van der Waals surface area contributed by atoms with E-state index < -0.39 is 0 Å². The van der Waals surface area contributed by atoms with Crippen molar-refractivity contribution in [2.75, 3.05) is 13.1 Å². The molecule has 26 heavy (non-hydrogen) atoms. The third-order valence-corrected chi connectivity index (χ3v) is 4.26. The average Bonchev–Trinajstić information content (AvgIpc) is 2.60. The Bertz CT molecular complexity index is 725. The lowest BCUT2D eigenvalue weighted by Crippen LogP contribution is -1.94. The van der Waals surface area contributed by atoms with Crippen LogP contribution in [0, 0.1) is 0 Å². The van der Waals surface area contributed by atoms with Crippen molar-refractivity contribution in [2.45, 2.75) is 39.5 Å². The molecule has 0 aliphatic carbocycles. The van der Waals surface area contributed by atoms with Crippen LogP contribution in [-0.2, 0) is 0 Å². The first-order valence-corrected chi connectivity index (χ1v) is 9.04. The van der Waals surface area contributed by atoms with Crippen LogP contribution in [0.2, 0.25) is 0 Å². The largest absolute Gasteiger partial charge is 0.507 e. The SMILES string of the molecule is CC(C)c1ccc(O)c(C=NCCN=Cc2cc(C(C)C)ccc2O)c1. The Balaban J connectivity index is 1.95. The molecule has 4 nitrogen and oxygen atoms in total. The van der Waals surface area contributed by atoms with Crippen LogP contribution in [-0.4, -0.2) is 35.7 Å². The lowest BCUT2D eigenvalue weighted by molar-refractivity contribution is 0.473. The molecule has 0 atom stereocenters. The summed E-state index contributed by atoms with van der Waals surface area (Å²) < 4.78 is 0. The Morgan fingerprint density at radius 1 is 0.731 bits per heavy atom. The Kier molecular flexibility index (Phi) is 6.96. The highest BCUT2D eigenvalue weighted by Gasteiger charge is 2.04. The molecule has 4 heteroatoms. The monoisotopic (exact) mass is 352 g/mol. The topological polar surface area (TPSA) is 65.2 Å². The summed E-state index contributed by atoms with van der Waals surface area (Å²) in [6.07, 6.45) is 3.38. The molecule has 0 amide bonds. The van der Waals surface area contributed by atoms with Crippen molar-refractivity contribution in [3.63, 3.8) is 0 Å². The molecule has 0 fully saturated rings. The number of benzene rings is 2. The van der Waals surface area contributed by atoms with Crippen LogP contribution >= 0.6 is 0 Å². The zero-order chi connectivity index (χ0) is 19.1. The van der Waals surface area contributed by atoms with Gasteiger partial charge in [0.15, 0.2) is 0 Å². The van der Waals surface area contributed by atoms with E-state index in [9.17, 15) is 10.2 Å². The first-order chi connectivity index (χ1) is 12.4. The molecule has 0 saturated heterocycles. The van der Waals surface area contributed by atoms with E-state index in [0.717, 1.165) is 11.1 Å². The fourth-order valence-corrected chi connectivity index (χ4v) is 2.51. The van der Waals surface area contributed by atoms with Crippen LogP contribution in [0.4, 0.5) is 0 Å². The highest BCUT2D eigenvalue weighted by Crippen LogP contribution is 2.22. The van der Waals surface area contributed by atoms with Crippen molar-refractivity contribution in [3.8, 4) is 11.5 Å². The summed E-state index contributed by atoms with van der Waals surface area (Å²) in [5.41, 5.74) is 3.79. The van der Waals surface area contributed by atoms with Crippen LogP contribution in [0.25, 0.3) is 0 Å². The van der Waals surface area contributed by atoms with Crippen molar-refractivity contribution >= 4 is 12.4 Å². The number of hydrogen-bond donors (Lipinski definition) is 2. The van der Waals surface area contributed by atoms with Gasteiger partial charge in [-0.05, 0) is 47.2 Å². The molecule has 0 unspecified atom stereocenters. The highest BCUT2D eigenvalue weighted by molar-refractivity contribution is 5.84. The summed E-state index contributed by atoms with van der Waals surface area (Å²) in [5, 5.41) is 19.8. The Hall–Kier alpha value is -2.62. The van der Waals surface area contributed by atoms with Gasteiger partial charge in [-0.2, -0.15) is 0 Å². The third kappa shape index (κ3) is 5.45. The van der Waals surface area contributed by atoms with Crippen molar-refractivity contribution in [2.24, 2.45) is 9.98 Å². The average molecular weight is 352 g/mol. The summed E-state index contributed by atoms with van der Waals surface area (Å²) >= 11 is 0. The number of phenolic OH excluding ortho intramolecular Hbond substituents is 2. The number of aromatic hydroxyl groups is 2. The summed E-state index contributed by atoms with van der Waals surface area (Å²) in [7, 11) is 0. The van der Waals surface area contributed by atoms with E-state index in [1.165, 1.54) is 11.1 Å². The standard InChI is InChI=1S/C22H28N2O2/c1-15(2)17-5-7-21(25)19(11-17)13-23-9-10-24-14-20-12-18(16(3)4)6-8-22(20)26/h5-8,11-16,25-26H,9-10H2,1-4H3. The summed E-state index contributed by atoms with van der Waals surface area (Å²) in [6, 6.07) is 11.2. The Morgan fingerprint density at radius 3 is 1.46 bits per heavy atom. The van der Waals surface area contributed by atoms with Gasteiger partial charge in [0.25, 0.3) is 0 Å². The van der Waals surface area contributed by atoms with Gasteiger partial charge in [0.2, 0.25) is 0 Å². The van der Waals surface area contributed by atoms with Crippen LogP contribution in [0.15, 0.2) is 46.4 Å². The molecule has 2 N–H and O–H groups in total. The number of phenols is 2. The molecule has 2 aromatic carbocycles. The second-order valence-corrected chi connectivity index (χ2v) is 7.02. The quantitative estimate of drug-likeness (QED) is 0.551. The molecule has 0 heterocycles. The highest BCUT2D eigenvalue weighted by atomic mass is 16.3. The van der Waals surface area contributed by atoms with Gasteiger partial charge in [-0.1, -0.05) is 39.8 Å². The van der Waals surface area contributed by atoms with E-state index in [1.54, 1.807) is 24.6 Å². The predicted octanol–water partition coefficient (Wildman–Crippen LogP) is 4.88. The maximum atomic E-state index is 9.92. The molecule has 0 aliphatic heterocycles. The molecule has 2 aromatic rings. The van der Waals surface area contributed by atoms with E-state index in [-0.39, 0.29) is 11.5 Å². The predicted molar refractivity (Wildman–Crippen MR) is 109 cm³/mol. The number of aliphatic imine (C=N–C) groups is 2. The van der Waals surface area contributed by atoms with Crippen LogP contribution in [0.1, 0.15) is 61.8 Å². The van der Waals surface area contributed by atoms with Gasteiger partial charge >= 0.3 is 0 Å². The Labute approximate surface area is 156 Å². The van der Waals surface area contributed by atoms with Crippen LogP contribution in [0.3, 0.4) is 0 Å². The van der Waals surface area contributed by atoms with Crippen LogP contribution < -0.4 is 0 Å². The van der Waals surface area contributed by atoms with Gasteiger partial charge in [0, 0.05) is 23.6 Å². The Morgan fingerprint density at radius 2 is 1.12 bits per heavy atom. The molecule has 0 bridgehead atoms. The molecule has 0 spiro atoms. The molecular formula is C22H28N2O2. The van der Waals surface area contributed by atoms with Crippen molar-refractivity contribution in [1.29, 1.82) is 0 Å². The molecule has 138 valence electrons. The number of nitrogens with zero attached hydrogens (tertiary/aromatic N) is 2. The van der Waals surface area contributed by atoms with Crippen LogP contribution in [0.5, 0.6) is 11.5 Å². The second kappa shape index (κ2) is 9.18. The van der Waals surface area contributed by atoms with Gasteiger partial charge < -0.3 is 10.2 Å². The zero-order valence-electron chi connectivity index (χ0n) is 16.0. The van der Waals surface area contributed by atoms with Crippen molar-refractivity contribution < 1.29 is 10.2 Å². The molecule has 0 saturated carbocycles. The first-order valence-electron chi connectivity index (χ1n) is 9.04. The minimum absolute atomic E-state index is 0.233. The minimum Gasteiger partial charge on any atom is -0.507 e. The normalized spacial score (nSPS) is 12.1. The van der Waals surface area contributed by atoms with Gasteiger partial charge in [-0.25, -0.2) is 0 Å². The van der Waals surface area contributed by atoms with Crippen molar-refractivity contribution in [1.82, 2.24) is 0 Å². The number of hydrogen-bond acceptors (Lipinski definition) is 4. The van der Waals surface area contributed by atoms with Crippen molar-refractivity contribution in [3.05, 3.63) is 58.7 Å². The smallest absolute Gasteiger partial charge is 0.124 e. The van der Waals surface area contributed by atoms with Gasteiger partial charge in [0.05, 0.1) is 13.1 Å². The van der Waals surface area contributed by atoms with Gasteiger partial charge in [0.1, 0.15) is 11.5 Å². The van der Waals surface area contributed by atoms with E-state index >= 15 is 0 Å². The first kappa shape index (κ1) is 19.7. The lowest BCUT2D eigenvalue weighted by atomic mass is 10.0.